The molecule has 6 heterocycles. The topological polar surface area (TPSA) is 130 Å². The van der Waals surface area contributed by atoms with Gasteiger partial charge >= 0.3 is 6.18 Å². The highest BCUT2D eigenvalue weighted by Crippen LogP contribution is 2.45. The van der Waals surface area contributed by atoms with E-state index in [2.05, 4.69) is 25.4 Å². The molecule has 3 fully saturated rings. The summed E-state index contributed by atoms with van der Waals surface area (Å²) in [6, 6.07) is 9.14. The van der Waals surface area contributed by atoms with Crippen molar-refractivity contribution >= 4 is 11.0 Å². The number of halogens is 3. The zero-order valence-electron chi connectivity index (χ0n) is 26.9. The second-order valence-electron chi connectivity index (χ2n) is 13.1. The number of fused-ring (bicyclic) bond motifs is 1. The summed E-state index contributed by atoms with van der Waals surface area (Å²) < 4.78 is 51.4. The normalized spacial score (nSPS) is 16.6. The van der Waals surface area contributed by atoms with E-state index in [9.17, 15) is 18.0 Å². The second-order valence-corrected chi connectivity index (χ2v) is 13.1. The van der Waals surface area contributed by atoms with Crippen LogP contribution in [0.25, 0.3) is 44.9 Å². The van der Waals surface area contributed by atoms with E-state index in [4.69, 9.17) is 14.7 Å². The quantitative estimate of drug-likeness (QED) is 0.213. The molecule has 12 nitrogen and oxygen atoms in total. The highest BCUT2D eigenvalue weighted by Gasteiger charge is 2.37. The van der Waals surface area contributed by atoms with Gasteiger partial charge in [0.2, 0.25) is 5.88 Å². The molecule has 0 amide bonds. The first-order chi connectivity index (χ1) is 24.2. The van der Waals surface area contributed by atoms with Gasteiger partial charge in [0.25, 0.3) is 5.56 Å². The molecular weight excluding hydrogens is 649 g/mol. The number of hydrogen-bond acceptors (Lipinski definition) is 9. The smallest absolute Gasteiger partial charge is 0.434 e. The lowest BCUT2D eigenvalue weighted by molar-refractivity contribution is -0.140. The number of imidazole rings is 1. The molecule has 3 aliphatic rings. The Bertz CT molecular complexity index is 2320. The zero-order valence-corrected chi connectivity index (χ0v) is 26.9. The molecule has 1 aliphatic heterocycles. The fourth-order valence-corrected chi connectivity index (χ4v) is 6.50. The molecule has 0 spiro atoms. The Labute approximate surface area is 283 Å². The molecule has 2 saturated carbocycles. The maximum Gasteiger partial charge on any atom is 0.434 e. The number of nitrogens with zero attached hydrogens (tertiary/aromatic N) is 9. The van der Waals surface area contributed by atoms with Crippen LogP contribution in [0.5, 0.6) is 5.88 Å². The van der Waals surface area contributed by atoms with Crippen LogP contribution in [0.15, 0.2) is 66.2 Å². The van der Waals surface area contributed by atoms with E-state index in [1.165, 1.54) is 13.4 Å². The van der Waals surface area contributed by atoms with Crippen LogP contribution >= 0.6 is 0 Å². The van der Waals surface area contributed by atoms with Crippen LogP contribution in [0.1, 0.15) is 60.6 Å². The number of hydrogen-bond donors (Lipinski definition) is 1. The Morgan fingerprint density at radius 3 is 2.42 bits per heavy atom. The minimum Gasteiger partial charge on any atom is -0.480 e. The van der Waals surface area contributed by atoms with Gasteiger partial charge in [-0.05, 0) is 37.3 Å². The largest absolute Gasteiger partial charge is 0.480 e. The number of aromatic nitrogens is 9. The van der Waals surface area contributed by atoms with Crippen molar-refractivity contribution in [3.63, 3.8) is 0 Å². The summed E-state index contributed by atoms with van der Waals surface area (Å²) in [6.45, 7) is 1.76. The standard InChI is InChI=1S/C35H31F3N10O2/c1-50-33-28(29(20-6-7-20)41-18-42-33)30-40-11-22-10-26(23-12-43-48(16-23)25-13-39-14-25)34(49)47(32(22)45-30)15-19-2-4-21(5-3-19)31-44-27(35(36,37)38)17-46(31)24-8-9-24/h2-5,10-12,16-18,20,24-25,39H,6-9,13-15H2,1H3. The molecule has 1 saturated heterocycles. The zero-order chi connectivity index (χ0) is 34.1. The minimum absolute atomic E-state index is 0.00816. The number of ether oxygens (including phenoxy) is 1. The molecule has 50 heavy (non-hydrogen) atoms. The summed E-state index contributed by atoms with van der Waals surface area (Å²) in [6.07, 6.45) is 6.92. The molecule has 15 heteroatoms. The van der Waals surface area contributed by atoms with Crippen LogP contribution in [0, 0.1) is 0 Å². The average Bonchev–Trinajstić information content (AvgIpc) is 4.03. The SMILES string of the molecule is COc1ncnc(C2CC2)c1-c1ncc2cc(-c3cnn(C4CNC4)c3)c(=O)n(Cc3ccc(-c4nc(C(F)(F)F)cn4C4CC4)cc3)c2n1. The summed E-state index contributed by atoms with van der Waals surface area (Å²) in [5.41, 5.74) is 3.10. The highest BCUT2D eigenvalue weighted by molar-refractivity contribution is 5.82. The number of methoxy groups -OCH3 is 1. The molecule has 0 radical (unpaired) electrons. The van der Waals surface area contributed by atoms with Gasteiger partial charge in [0, 0.05) is 60.2 Å². The molecule has 0 bridgehead atoms. The Kier molecular flexibility index (Phi) is 7.09. The monoisotopic (exact) mass is 680 g/mol. The van der Waals surface area contributed by atoms with Crippen LogP contribution in [-0.2, 0) is 12.7 Å². The van der Waals surface area contributed by atoms with Crippen molar-refractivity contribution in [1.82, 2.24) is 49.2 Å². The van der Waals surface area contributed by atoms with Crippen LogP contribution < -0.4 is 15.6 Å². The summed E-state index contributed by atoms with van der Waals surface area (Å²) in [5.74, 6) is 1.25. The van der Waals surface area contributed by atoms with Gasteiger partial charge in [-0.25, -0.2) is 24.9 Å². The molecule has 5 aromatic heterocycles. The Morgan fingerprint density at radius 2 is 1.74 bits per heavy atom. The lowest BCUT2D eigenvalue weighted by Crippen LogP contribution is -2.43. The predicted molar refractivity (Wildman–Crippen MR) is 177 cm³/mol. The maximum atomic E-state index is 14.4. The summed E-state index contributed by atoms with van der Waals surface area (Å²) >= 11 is 0. The van der Waals surface area contributed by atoms with Crippen molar-refractivity contribution < 1.29 is 17.9 Å². The van der Waals surface area contributed by atoms with Crippen molar-refractivity contribution in [1.29, 1.82) is 0 Å². The summed E-state index contributed by atoms with van der Waals surface area (Å²) in [4.78, 5) is 36.9. The third-order valence-electron chi connectivity index (χ3n) is 9.61. The van der Waals surface area contributed by atoms with Crippen molar-refractivity contribution in [2.45, 2.75) is 56.4 Å². The summed E-state index contributed by atoms with van der Waals surface area (Å²) in [5, 5.41) is 8.41. The lowest BCUT2D eigenvalue weighted by Gasteiger charge is -2.27. The molecular formula is C35H31F3N10O2. The molecule has 1 N–H and O–H groups in total. The van der Waals surface area contributed by atoms with Gasteiger partial charge in [-0.15, -0.1) is 0 Å². The number of rotatable bonds is 9. The van der Waals surface area contributed by atoms with E-state index in [0.717, 1.165) is 56.2 Å². The molecule has 0 unspecified atom stereocenters. The number of nitrogens with one attached hydrogen (secondary N) is 1. The third kappa shape index (κ3) is 5.41. The van der Waals surface area contributed by atoms with Gasteiger partial charge in [0.1, 0.15) is 23.4 Å². The van der Waals surface area contributed by atoms with Gasteiger partial charge in [-0.3, -0.25) is 14.0 Å². The predicted octanol–water partition coefficient (Wildman–Crippen LogP) is 5.41. The second kappa shape index (κ2) is 11.6. The first-order valence-electron chi connectivity index (χ1n) is 16.6. The van der Waals surface area contributed by atoms with Crippen molar-refractivity contribution in [3.8, 4) is 39.8 Å². The van der Waals surface area contributed by atoms with Gasteiger partial charge in [0.05, 0.1) is 37.2 Å². The minimum atomic E-state index is -4.54. The van der Waals surface area contributed by atoms with E-state index in [1.807, 2.05) is 23.0 Å². The maximum absolute atomic E-state index is 14.4. The van der Waals surface area contributed by atoms with Gasteiger partial charge in [-0.1, -0.05) is 24.3 Å². The van der Waals surface area contributed by atoms with Crippen LogP contribution in [0.4, 0.5) is 13.2 Å². The Hall–Kier alpha value is -5.44. The van der Waals surface area contributed by atoms with Crippen molar-refractivity contribution in [3.05, 3.63) is 88.8 Å². The van der Waals surface area contributed by atoms with Crippen LogP contribution in [0.3, 0.4) is 0 Å². The van der Waals surface area contributed by atoms with Gasteiger partial charge < -0.3 is 14.6 Å². The van der Waals surface area contributed by atoms with E-state index in [1.54, 1.807) is 39.7 Å². The molecule has 0 atom stereocenters. The Balaban J connectivity index is 1.15. The molecule has 9 rings (SSSR count). The molecule has 1 aromatic carbocycles. The highest BCUT2D eigenvalue weighted by atomic mass is 19.4. The van der Waals surface area contributed by atoms with E-state index < -0.39 is 11.9 Å². The van der Waals surface area contributed by atoms with Gasteiger partial charge in [-0.2, -0.15) is 18.3 Å². The first kappa shape index (κ1) is 30.6. The lowest BCUT2D eigenvalue weighted by atomic mass is 10.1. The number of alkyl halides is 3. The fourth-order valence-electron chi connectivity index (χ4n) is 6.50. The molecule has 6 aromatic rings. The summed E-state index contributed by atoms with van der Waals surface area (Å²) in [7, 11) is 1.54. The van der Waals surface area contributed by atoms with Crippen LogP contribution in [0.2, 0.25) is 0 Å². The van der Waals surface area contributed by atoms with Crippen LogP contribution in [-0.4, -0.2) is 64.0 Å². The molecule has 254 valence electrons. The van der Waals surface area contributed by atoms with E-state index in [0.29, 0.717) is 45.0 Å². The number of benzene rings is 1. The van der Waals surface area contributed by atoms with E-state index in [-0.39, 0.29) is 35.9 Å². The average molecular weight is 681 g/mol. The van der Waals surface area contributed by atoms with Crippen molar-refractivity contribution in [2.24, 2.45) is 0 Å². The molecule has 2 aliphatic carbocycles. The fraction of sp³-hybridized carbons (Fsp3) is 0.343. The van der Waals surface area contributed by atoms with Crippen molar-refractivity contribution in [2.75, 3.05) is 20.2 Å². The Morgan fingerprint density at radius 1 is 0.940 bits per heavy atom. The number of pyridine rings is 1. The third-order valence-corrected chi connectivity index (χ3v) is 9.61. The van der Waals surface area contributed by atoms with Gasteiger partial charge in [0.15, 0.2) is 11.5 Å². The van der Waals surface area contributed by atoms with E-state index >= 15 is 0 Å². The first-order valence-corrected chi connectivity index (χ1v) is 16.6.